The minimum atomic E-state index is -0.666. The molecule has 0 N–H and O–H groups in total. The van der Waals surface area contributed by atoms with Crippen LogP contribution in [0.5, 0.6) is 5.75 Å². The van der Waals surface area contributed by atoms with Gasteiger partial charge in [0.2, 0.25) is 0 Å². The summed E-state index contributed by atoms with van der Waals surface area (Å²) >= 11 is 8.16. The highest BCUT2D eigenvalue weighted by Gasteiger charge is 2.33. The first-order valence-electron chi connectivity index (χ1n) is 10.6. The molecule has 0 saturated carbocycles. The Morgan fingerprint density at radius 3 is 2.69 bits per heavy atom. The van der Waals surface area contributed by atoms with Crippen molar-refractivity contribution < 1.29 is 14.3 Å². The van der Waals surface area contributed by atoms with Gasteiger partial charge < -0.3 is 9.47 Å². The van der Waals surface area contributed by atoms with Crippen LogP contribution >= 0.6 is 43.2 Å². The number of fused-ring (bicyclic) bond motifs is 1. The molecule has 0 unspecified atom stereocenters. The third-order valence-corrected chi connectivity index (χ3v) is 7.40. The number of thiazole rings is 1. The fourth-order valence-electron chi connectivity index (χ4n) is 3.90. The number of aromatic nitrogens is 1. The third kappa shape index (κ3) is 4.89. The molecule has 1 aromatic heterocycles. The topological polar surface area (TPSA) is 93.7 Å². The smallest absolute Gasteiger partial charge is 0.338 e. The molecule has 0 fully saturated rings. The normalized spacial score (nSPS) is 15.3. The summed E-state index contributed by atoms with van der Waals surface area (Å²) in [5.41, 5.74) is 2.04. The van der Waals surface area contributed by atoms with Gasteiger partial charge in [-0.05, 0) is 46.1 Å². The summed E-state index contributed by atoms with van der Waals surface area (Å²) in [5, 5.41) is 8.97. The molecule has 4 rings (SSSR count). The lowest BCUT2D eigenvalue weighted by atomic mass is 9.95. The molecule has 178 valence electrons. The molecule has 0 spiro atoms. The molecule has 0 aliphatic carbocycles. The first-order chi connectivity index (χ1) is 16.9. The van der Waals surface area contributed by atoms with Crippen LogP contribution < -0.4 is 19.6 Å². The van der Waals surface area contributed by atoms with Gasteiger partial charge in [-0.15, -0.1) is 0 Å². The number of carbonyl (C=O) groups excluding carboxylic acids is 1. The standard InChI is InChI=1S/C25H19Br2N3O4S/c1-3-18-20(24(32)33-2)21(14-7-5-4-6-8-14)30-23(31)19(35-25(30)29-18)12-15-11-16(26)13-17(27)22(15)34-10-9-28/h4-8,11-13,21H,3,10H2,1-2H3/b19-12+/t21-/m0/s1. The van der Waals surface area contributed by atoms with Gasteiger partial charge in [0.25, 0.3) is 5.56 Å². The zero-order chi connectivity index (χ0) is 25.1. The maximum atomic E-state index is 13.7. The van der Waals surface area contributed by atoms with Crippen molar-refractivity contribution in [1.29, 1.82) is 5.26 Å². The molecule has 2 aromatic carbocycles. The van der Waals surface area contributed by atoms with Crippen LogP contribution in [0.15, 0.2) is 72.5 Å². The molecule has 1 aliphatic rings. The second-order valence-electron chi connectivity index (χ2n) is 7.45. The fourth-order valence-corrected chi connectivity index (χ4v) is 6.28. The summed E-state index contributed by atoms with van der Waals surface area (Å²) in [7, 11) is 1.32. The number of halogens is 2. The molecule has 1 aliphatic heterocycles. The molecular formula is C25H19Br2N3O4S. The van der Waals surface area contributed by atoms with E-state index in [1.165, 1.54) is 18.4 Å². The SMILES string of the molecule is CCC1=C(C(=O)OC)[C@H](c2ccccc2)n2c(s/c(=C/c3cc(Br)cc(Br)c3OCC#N)c2=O)=N1. The number of methoxy groups -OCH3 is 1. The molecule has 3 aromatic rings. The van der Waals surface area contributed by atoms with Crippen LogP contribution in [0.4, 0.5) is 0 Å². The second-order valence-corrected chi connectivity index (χ2v) is 10.2. The van der Waals surface area contributed by atoms with Crippen LogP contribution in [0.2, 0.25) is 0 Å². The lowest BCUT2D eigenvalue weighted by Gasteiger charge is -2.25. The number of allylic oxidation sites excluding steroid dienone is 1. The monoisotopic (exact) mass is 615 g/mol. The zero-order valence-corrected chi connectivity index (χ0v) is 22.7. The van der Waals surface area contributed by atoms with Gasteiger partial charge in [-0.1, -0.05) is 64.5 Å². The Balaban J connectivity index is 2.00. The molecular weight excluding hydrogens is 598 g/mol. The van der Waals surface area contributed by atoms with E-state index in [4.69, 9.17) is 14.7 Å². The van der Waals surface area contributed by atoms with Crippen molar-refractivity contribution in [3.63, 3.8) is 0 Å². The number of nitriles is 1. The number of rotatable bonds is 6. The van der Waals surface area contributed by atoms with Crippen molar-refractivity contribution >= 4 is 55.2 Å². The molecule has 1 atom stereocenters. The third-order valence-electron chi connectivity index (χ3n) is 5.37. The van der Waals surface area contributed by atoms with Gasteiger partial charge in [0.1, 0.15) is 11.8 Å². The summed E-state index contributed by atoms with van der Waals surface area (Å²) in [6.07, 6.45) is 2.21. The van der Waals surface area contributed by atoms with E-state index in [-0.39, 0.29) is 12.2 Å². The minimum Gasteiger partial charge on any atom is -0.477 e. The Morgan fingerprint density at radius 2 is 2.03 bits per heavy atom. The highest BCUT2D eigenvalue weighted by atomic mass is 79.9. The summed E-state index contributed by atoms with van der Waals surface area (Å²) in [6.45, 7) is 1.77. The van der Waals surface area contributed by atoms with Crippen LogP contribution in [0.25, 0.3) is 6.08 Å². The Hall–Kier alpha value is -3.00. The largest absolute Gasteiger partial charge is 0.477 e. The van der Waals surface area contributed by atoms with E-state index in [2.05, 4.69) is 36.9 Å². The van der Waals surface area contributed by atoms with Gasteiger partial charge in [-0.3, -0.25) is 9.36 Å². The number of ether oxygens (including phenoxy) is 2. The van der Waals surface area contributed by atoms with Gasteiger partial charge in [-0.2, -0.15) is 5.26 Å². The number of hydrogen-bond acceptors (Lipinski definition) is 7. The van der Waals surface area contributed by atoms with Crippen molar-refractivity contribution in [3.8, 4) is 11.8 Å². The molecule has 2 heterocycles. The van der Waals surface area contributed by atoms with Crippen molar-refractivity contribution in [3.05, 3.63) is 93.5 Å². The van der Waals surface area contributed by atoms with Crippen molar-refractivity contribution in [2.24, 2.45) is 4.99 Å². The Morgan fingerprint density at radius 1 is 1.29 bits per heavy atom. The predicted octanol–water partition coefficient (Wildman–Crippen LogP) is 4.23. The van der Waals surface area contributed by atoms with Crippen LogP contribution in [-0.4, -0.2) is 24.3 Å². The molecule has 0 amide bonds. The van der Waals surface area contributed by atoms with E-state index in [0.717, 1.165) is 10.0 Å². The van der Waals surface area contributed by atoms with Gasteiger partial charge in [-0.25, -0.2) is 9.79 Å². The minimum absolute atomic E-state index is 0.140. The summed E-state index contributed by atoms with van der Waals surface area (Å²) in [6, 6.07) is 14.3. The van der Waals surface area contributed by atoms with E-state index in [9.17, 15) is 9.59 Å². The van der Waals surface area contributed by atoms with Gasteiger partial charge in [0.15, 0.2) is 11.4 Å². The van der Waals surface area contributed by atoms with Crippen molar-refractivity contribution in [1.82, 2.24) is 4.57 Å². The number of carbonyl (C=O) groups is 1. The first-order valence-corrected chi connectivity index (χ1v) is 13.0. The molecule has 0 saturated heterocycles. The quantitative estimate of drug-likeness (QED) is 0.387. The Bertz CT molecular complexity index is 1550. The van der Waals surface area contributed by atoms with E-state index in [1.54, 1.807) is 16.7 Å². The Kier molecular flexibility index (Phi) is 7.69. The molecule has 7 nitrogen and oxygen atoms in total. The Labute approximate surface area is 221 Å². The van der Waals surface area contributed by atoms with E-state index in [1.807, 2.05) is 49.4 Å². The van der Waals surface area contributed by atoms with Crippen molar-refractivity contribution in [2.75, 3.05) is 13.7 Å². The van der Waals surface area contributed by atoms with Gasteiger partial charge in [0, 0.05) is 10.0 Å². The number of esters is 1. The average molecular weight is 617 g/mol. The highest BCUT2D eigenvalue weighted by molar-refractivity contribution is 9.11. The van der Waals surface area contributed by atoms with E-state index in [0.29, 0.717) is 42.8 Å². The van der Waals surface area contributed by atoms with Crippen LogP contribution in [0.3, 0.4) is 0 Å². The highest BCUT2D eigenvalue weighted by Crippen LogP contribution is 2.34. The first kappa shape index (κ1) is 25.1. The molecule has 35 heavy (non-hydrogen) atoms. The predicted molar refractivity (Wildman–Crippen MR) is 140 cm³/mol. The molecule has 0 radical (unpaired) electrons. The van der Waals surface area contributed by atoms with E-state index >= 15 is 0 Å². The van der Waals surface area contributed by atoms with E-state index < -0.39 is 12.0 Å². The maximum absolute atomic E-state index is 13.7. The average Bonchev–Trinajstić information content (AvgIpc) is 3.16. The summed E-state index contributed by atoms with van der Waals surface area (Å²) in [5.74, 6) is -0.0680. The molecule has 0 bridgehead atoms. The van der Waals surface area contributed by atoms with Crippen molar-refractivity contribution in [2.45, 2.75) is 19.4 Å². The fraction of sp³-hybridized carbons (Fsp3) is 0.200. The second kappa shape index (κ2) is 10.7. The number of nitrogens with zero attached hydrogens (tertiary/aromatic N) is 3. The molecule has 10 heteroatoms. The zero-order valence-electron chi connectivity index (χ0n) is 18.7. The van der Waals surface area contributed by atoms with Gasteiger partial charge in [0.05, 0.1) is 33.4 Å². The van der Waals surface area contributed by atoms with Crippen LogP contribution in [-0.2, 0) is 9.53 Å². The lowest BCUT2D eigenvalue weighted by Crippen LogP contribution is -2.40. The summed E-state index contributed by atoms with van der Waals surface area (Å²) < 4.78 is 14.1. The summed E-state index contributed by atoms with van der Waals surface area (Å²) in [4.78, 5) is 31.7. The van der Waals surface area contributed by atoms with Gasteiger partial charge >= 0.3 is 5.97 Å². The number of hydrogen-bond donors (Lipinski definition) is 0. The maximum Gasteiger partial charge on any atom is 0.338 e. The van der Waals surface area contributed by atoms with Crippen LogP contribution in [0, 0.1) is 11.3 Å². The number of benzene rings is 2. The van der Waals surface area contributed by atoms with Crippen LogP contribution in [0.1, 0.15) is 30.5 Å². The lowest BCUT2D eigenvalue weighted by molar-refractivity contribution is -0.136.